The second kappa shape index (κ2) is 6.98. The molecule has 0 aliphatic heterocycles. The van der Waals surface area contributed by atoms with Gasteiger partial charge in [-0.3, -0.25) is 9.48 Å². The molecule has 0 radical (unpaired) electrons. The number of nitrogens with zero attached hydrogens (tertiary/aromatic N) is 3. The minimum Gasteiger partial charge on any atom is -0.307 e. The van der Waals surface area contributed by atoms with Crippen molar-refractivity contribution in [1.82, 2.24) is 9.78 Å². The lowest BCUT2D eigenvalue weighted by molar-refractivity contribution is -0.137. The van der Waals surface area contributed by atoms with Crippen LogP contribution in [0.2, 0.25) is 0 Å². The molecule has 0 saturated heterocycles. The molecule has 0 spiro atoms. The first-order chi connectivity index (χ1) is 11.2. The number of hydrogen-bond donors (Lipinski definition) is 0. The molecule has 0 atom stereocenters. The number of alkyl halides is 5. The zero-order valence-corrected chi connectivity index (χ0v) is 12.6. The molecule has 1 heterocycles. The van der Waals surface area contributed by atoms with Gasteiger partial charge in [-0.15, -0.1) is 0 Å². The predicted octanol–water partition coefficient (Wildman–Crippen LogP) is 3.83. The summed E-state index contributed by atoms with van der Waals surface area (Å²) in [6, 6.07) is 5.34. The van der Waals surface area contributed by atoms with E-state index in [-0.39, 0.29) is 17.9 Å². The van der Waals surface area contributed by atoms with Gasteiger partial charge in [-0.05, 0) is 37.3 Å². The lowest BCUT2D eigenvalue weighted by Gasteiger charge is -2.22. The minimum atomic E-state index is -4.48. The third-order valence-corrected chi connectivity index (χ3v) is 3.31. The van der Waals surface area contributed by atoms with Crippen molar-refractivity contribution in [2.24, 2.45) is 0 Å². The molecule has 130 valence electrons. The van der Waals surface area contributed by atoms with Gasteiger partial charge < -0.3 is 4.90 Å². The number of anilines is 1. The summed E-state index contributed by atoms with van der Waals surface area (Å²) in [4.78, 5) is 13.7. The predicted molar refractivity (Wildman–Crippen MR) is 77.0 cm³/mol. The van der Waals surface area contributed by atoms with Gasteiger partial charge in [-0.25, -0.2) is 8.78 Å². The van der Waals surface area contributed by atoms with Crippen LogP contribution in [0.5, 0.6) is 0 Å². The fourth-order valence-corrected chi connectivity index (χ4v) is 2.20. The van der Waals surface area contributed by atoms with Crippen LogP contribution in [0.1, 0.15) is 23.0 Å². The van der Waals surface area contributed by atoms with Crippen molar-refractivity contribution in [3.8, 4) is 0 Å². The first kappa shape index (κ1) is 17.9. The summed E-state index contributed by atoms with van der Waals surface area (Å²) in [6.07, 6.45) is -5.94. The molecule has 4 nitrogen and oxygen atoms in total. The molecule has 2 rings (SSSR count). The van der Waals surface area contributed by atoms with Gasteiger partial charge in [0.25, 0.3) is 12.3 Å². The summed E-state index contributed by atoms with van der Waals surface area (Å²) in [6.45, 7) is 1.05. The Morgan fingerprint density at radius 2 is 1.83 bits per heavy atom. The van der Waals surface area contributed by atoms with Crippen LogP contribution in [0.4, 0.5) is 27.6 Å². The van der Waals surface area contributed by atoms with Gasteiger partial charge in [0, 0.05) is 18.4 Å². The highest BCUT2D eigenvalue weighted by Crippen LogP contribution is 2.30. The van der Waals surface area contributed by atoms with Crippen LogP contribution in [0.25, 0.3) is 0 Å². The van der Waals surface area contributed by atoms with Crippen molar-refractivity contribution in [2.45, 2.75) is 26.1 Å². The first-order valence-electron chi connectivity index (χ1n) is 7.03. The smallest absolute Gasteiger partial charge is 0.307 e. The Morgan fingerprint density at radius 3 is 2.33 bits per heavy atom. The monoisotopic (exact) mass is 347 g/mol. The molecule has 1 aromatic carbocycles. The van der Waals surface area contributed by atoms with Crippen molar-refractivity contribution in [1.29, 1.82) is 0 Å². The van der Waals surface area contributed by atoms with E-state index < -0.39 is 30.6 Å². The Kier molecular flexibility index (Phi) is 5.20. The summed E-state index contributed by atoms with van der Waals surface area (Å²) in [5, 5.41) is 3.67. The van der Waals surface area contributed by atoms with Crippen molar-refractivity contribution >= 4 is 11.6 Å². The van der Waals surface area contributed by atoms with Gasteiger partial charge in [-0.1, -0.05) is 0 Å². The molecule has 2 aromatic rings. The number of benzene rings is 1. The Labute approximate surface area is 134 Å². The van der Waals surface area contributed by atoms with Gasteiger partial charge in [0.1, 0.15) is 12.2 Å². The Hall–Kier alpha value is -2.45. The van der Waals surface area contributed by atoms with E-state index in [1.165, 1.54) is 17.2 Å². The minimum absolute atomic E-state index is 0.0583. The van der Waals surface area contributed by atoms with E-state index in [0.29, 0.717) is 0 Å². The number of halogens is 5. The molecule has 1 amide bonds. The Morgan fingerprint density at radius 1 is 1.21 bits per heavy atom. The molecule has 0 unspecified atom stereocenters. The highest BCUT2D eigenvalue weighted by atomic mass is 19.4. The highest BCUT2D eigenvalue weighted by molar-refractivity contribution is 6.04. The van der Waals surface area contributed by atoms with Gasteiger partial charge >= 0.3 is 6.18 Å². The second-order valence-electron chi connectivity index (χ2n) is 4.88. The lowest BCUT2D eigenvalue weighted by Crippen LogP contribution is -2.33. The van der Waals surface area contributed by atoms with Crippen molar-refractivity contribution in [2.75, 3.05) is 11.4 Å². The molecule has 1 aromatic heterocycles. The van der Waals surface area contributed by atoms with E-state index in [1.807, 2.05) is 0 Å². The van der Waals surface area contributed by atoms with Crippen LogP contribution < -0.4 is 4.90 Å². The first-order valence-corrected chi connectivity index (χ1v) is 7.03. The molecule has 9 heteroatoms. The number of carbonyl (C=O) groups excluding carboxylic acids is 1. The van der Waals surface area contributed by atoms with Crippen LogP contribution >= 0.6 is 0 Å². The second-order valence-corrected chi connectivity index (χ2v) is 4.88. The van der Waals surface area contributed by atoms with Crippen molar-refractivity contribution in [3.63, 3.8) is 0 Å². The number of hydrogen-bond acceptors (Lipinski definition) is 2. The third-order valence-electron chi connectivity index (χ3n) is 3.31. The zero-order chi connectivity index (χ0) is 17.9. The van der Waals surface area contributed by atoms with Gasteiger partial charge in [0.05, 0.1) is 5.56 Å². The Bertz CT molecular complexity index is 694. The number of carbonyl (C=O) groups is 1. The average Bonchev–Trinajstić information content (AvgIpc) is 2.94. The van der Waals surface area contributed by atoms with Crippen molar-refractivity contribution < 1.29 is 26.7 Å². The van der Waals surface area contributed by atoms with Gasteiger partial charge in [0.2, 0.25) is 0 Å². The summed E-state index contributed by atoms with van der Waals surface area (Å²) in [5.41, 5.74) is -0.658. The normalized spacial score (nSPS) is 11.8. The average molecular weight is 347 g/mol. The molecular weight excluding hydrogens is 333 g/mol. The lowest BCUT2D eigenvalue weighted by atomic mass is 10.2. The van der Waals surface area contributed by atoms with Crippen LogP contribution in [0.3, 0.4) is 0 Å². The standard InChI is InChI=1S/C15H14F5N3O/c1-2-22(11-5-3-10(4-6-11)15(18,19)20)14(24)12-7-8-21-23(12)9-13(16)17/h3-8,13H,2,9H2,1H3. The molecule has 24 heavy (non-hydrogen) atoms. The molecule has 0 saturated carbocycles. The molecule has 0 aliphatic carbocycles. The summed E-state index contributed by atoms with van der Waals surface area (Å²) >= 11 is 0. The fraction of sp³-hybridized carbons (Fsp3) is 0.333. The number of amides is 1. The van der Waals surface area contributed by atoms with E-state index in [2.05, 4.69) is 5.10 Å². The summed E-state index contributed by atoms with van der Waals surface area (Å²) in [5.74, 6) is -0.615. The topological polar surface area (TPSA) is 38.1 Å². The summed E-state index contributed by atoms with van der Waals surface area (Å²) < 4.78 is 63.7. The number of rotatable bonds is 5. The van der Waals surface area contributed by atoms with E-state index in [4.69, 9.17) is 0 Å². The molecule has 0 bridgehead atoms. The SMILES string of the molecule is CCN(C(=O)c1ccnn1CC(F)F)c1ccc(C(F)(F)F)cc1. The summed E-state index contributed by atoms with van der Waals surface area (Å²) in [7, 11) is 0. The third kappa shape index (κ3) is 3.90. The molecule has 0 fully saturated rings. The van der Waals surface area contributed by atoms with Gasteiger partial charge in [0.15, 0.2) is 0 Å². The fourth-order valence-electron chi connectivity index (χ4n) is 2.20. The molecule has 0 N–H and O–H groups in total. The number of aromatic nitrogens is 2. The maximum absolute atomic E-state index is 12.6. The Balaban J connectivity index is 2.28. The van der Waals surface area contributed by atoms with Crippen LogP contribution in [-0.2, 0) is 12.7 Å². The van der Waals surface area contributed by atoms with Crippen LogP contribution in [0.15, 0.2) is 36.5 Å². The van der Waals surface area contributed by atoms with Gasteiger partial charge in [-0.2, -0.15) is 18.3 Å². The molecular formula is C15H14F5N3O. The maximum atomic E-state index is 12.6. The quantitative estimate of drug-likeness (QED) is 0.771. The highest BCUT2D eigenvalue weighted by Gasteiger charge is 2.30. The zero-order valence-electron chi connectivity index (χ0n) is 12.6. The molecule has 0 aliphatic rings. The van der Waals surface area contributed by atoms with E-state index in [1.54, 1.807) is 6.92 Å². The largest absolute Gasteiger partial charge is 0.416 e. The van der Waals surface area contributed by atoms with Crippen LogP contribution in [0, 0.1) is 0 Å². The van der Waals surface area contributed by atoms with E-state index >= 15 is 0 Å². The maximum Gasteiger partial charge on any atom is 0.416 e. The van der Waals surface area contributed by atoms with E-state index in [9.17, 15) is 26.7 Å². The van der Waals surface area contributed by atoms with Crippen molar-refractivity contribution in [3.05, 3.63) is 47.8 Å². The van der Waals surface area contributed by atoms with Crippen LogP contribution in [-0.4, -0.2) is 28.7 Å². The van der Waals surface area contributed by atoms with E-state index in [0.717, 1.165) is 28.9 Å².